The number of benzene rings is 2. The highest BCUT2D eigenvalue weighted by molar-refractivity contribution is 9.10. The van der Waals surface area contributed by atoms with Gasteiger partial charge in [0.15, 0.2) is 0 Å². The average molecular weight is 436 g/mol. The number of hydrogen-bond donors (Lipinski definition) is 0. The van der Waals surface area contributed by atoms with E-state index in [2.05, 4.69) is 15.9 Å². The first kappa shape index (κ1) is 19.3. The van der Waals surface area contributed by atoms with Crippen LogP contribution in [0.4, 0.5) is 18.9 Å². The Bertz CT molecular complexity index is 796. The summed E-state index contributed by atoms with van der Waals surface area (Å²) in [5.74, 6) is -0.681. The molecule has 0 bridgehead atoms. The minimum atomic E-state index is -4.69. The zero-order chi connectivity index (χ0) is 18.6. The van der Waals surface area contributed by atoms with E-state index in [0.29, 0.717) is 6.07 Å². The fourth-order valence-electron chi connectivity index (χ4n) is 1.76. The van der Waals surface area contributed by atoms with Crippen LogP contribution in [0.15, 0.2) is 51.8 Å². The van der Waals surface area contributed by atoms with Gasteiger partial charge in [-0.3, -0.25) is 14.9 Å². The maximum absolute atomic E-state index is 12.6. The molecule has 0 N–H and O–H groups in total. The van der Waals surface area contributed by atoms with Gasteiger partial charge >= 0.3 is 12.1 Å². The highest BCUT2D eigenvalue weighted by atomic mass is 79.9. The van der Waals surface area contributed by atoms with Crippen LogP contribution in [-0.4, -0.2) is 16.6 Å². The SMILES string of the molecule is O=C(CSc1ccc(C(F)(F)F)cc1[N+](=O)[O-])Oc1ccc(Br)cc1. The van der Waals surface area contributed by atoms with Crippen molar-refractivity contribution in [1.29, 1.82) is 0 Å². The lowest BCUT2D eigenvalue weighted by Gasteiger charge is -2.08. The minimum Gasteiger partial charge on any atom is -0.426 e. The molecule has 0 saturated carbocycles. The summed E-state index contributed by atoms with van der Waals surface area (Å²) < 4.78 is 43.8. The summed E-state index contributed by atoms with van der Waals surface area (Å²) in [6.45, 7) is 0. The molecule has 0 amide bonds. The van der Waals surface area contributed by atoms with Gasteiger partial charge in [0.2, 0.25) is 0 Å². The number of nitrogens with zero attached hydrogens (tertiary/aromatic N) is 1. The van der Waals surface area contributed by atoms with Gasteiger partial charge < -0.3 is 4.74 Å². The minimum absolute atomic E-state index is 0.0502. The number of ether oxygens (including phenoxy) is 1. The van der Waals surface area contributed by atoms with E-state index in [-0.39, 0.29) is 16.4 Å². The van der Waals surface area contributed by atoms with Gasteiger partial charge in [0.05, 0.1) is 21.1 Å². The highest BCUT2D eigenvalue weighted by Gasteiger charge is 2.33. The monoisotopic (exact) mass is 435 g/mol. The van der Waals surface area contributed by atoms with Gasteiger partial charge in [-0.25, -0.2) is 0 Å². The number of carbonyl (C=O) groups excluding carboxylic acids is 1. The molecule has 0 radical (unpaired) electrons. The van der Waals surface area contributed by atoms with E-state index >= 15 is 0 Å². The van der Waals surface area contributed by atoms with Gasteiger partial charge in [0.1, 0.15) is 5.75 Å². The fourth-order valence-corrected chi connectivity index (χ4v) is 2.80. The molecule has 0 atom stereocenters. The summed E-state index contributed by atoms with van der Waals surface area (Å²) >= 11 is 3.96. The van der Waals surface area contributed by atoms with Crippen LogP contribution in [0.2, 0.25) is 0 Å². The first-order valence-electron chi connectivity index (χ1n) is 6.61. The predicted molar refractivity (Wildman–Crippen MR) is 88.6 cm³/mol. The zero-order valence-corrected chi connectivity index (χ0v) is 14.7. The van der Waals surface area contributed by atoms with E-state index in [9.17, 15) is 28.1 Å². The molecule has 0 spiro atoms. The molecule has 0 heterocycles. The van der Waals surface area contributed by atoms with E-state index < -0.39 is 28.3 Å². The summed E-state index contributed by atoms with van der Waals surface area (Å²) in [5, 5.41) is 11.0. The van der Waals surface area contributed by atoms with Crippen molar-refractivity contribution in [3.63, 3.8) is 0 Å². The number of rotatable bonds is 5. The smallest absolute Gasteiger partial charge is 0.416 e. The quantitative estimate of drug-likeness (QED) is 0.215. The lowest BCUT2D eigenvalue weighted by Crippen LogP contribution is -2.11. The highest BCUT2D eigenvalue weighted by Crippen LogP contribution is 2.36. The van der Waals surface area contributed by atoms with Crippen molar-refractivity contribution in [3.05, 3.63) is 62.6 Å². The zero-order valence-electron chi connectivity index (χ0n) is 12.2. The van der Waals surface area contributed by atoms with Crippen molar-refractivity contribution < 1.29 is 27.6 Å². The summed E-state index contributed by atoms with van der Waals surface area (Å²) in [7, 11) is 0. The van der Waals surface area contributed by atoms with Gasteiger partial charge in [0, 0.05) is 10.5 Å². The second-order valence-electron chi connectivity index (χ2n) is 4.65. The van der Waals surface area contributed by atoms with Crippen molar-refractivity contribution in [1.82, 2.24) is 0 Å². The summed E-state index contributed by atoms with van der Waals surface area (Å²) in [4.78, 5) is 21.8. The fraction of sp³-hybridized carbons (Fsp3) is 0.133. The van der Waals surface area contributed by atoms with Gasteiger partial charge in [-0.15, -0.1) is 11.8 Å². The molecule has 0 aliphatic rings. The average Bonchev–Trinajstić information content (AvgIpc) is 2.54. The third kappa shape index (κ3) is 5.46. The molecule has 2 aromatic carbocycles. The molecule has 2 aromatic rings. The second kappa shape index (κ2) is 7.87. The van der Waals surface area contributed by atoms with Crippen molar-refractivity contribution >= 4 is 39.3 Å². The lowest BCUT2D eigenvalue weighted by atomic mass is 10.2. The van der Waals surface area contributed by atoms with Crippen molar-refractivity contribution in [2.45, 2.75) is 11.1 Å². The van der Waals surface area contributed by atoms with Crippen LogP contribution in [0.25, 0.3) is 0 Å². The van der Waals surface area contributed by atoms with Crippen molar-refractivity contribution in [2.24, 2.45) is 0 Å². The Balaban J connectivity index is 2.07. The second-order valence-corrected chi connectivity index (χ2v) is 6.59. The van der Waals surface area contributed by atoms with Gasteiger partial charge in [-0.05, 0) is 36.4 Å². The van der Waals surface area contributed by atoms with Crippen LogP contribution >= 0.6 is 27.7 Å². The van der Waals surface area contributed by atoms with Crippen LogP contribution in [0.5, 0.6) is 5.75 Å². The Morgan fingerprint density at radius 1 is 1.20 bits per heavy atom. The summed E-state index contributed by atoms with van der Waals surface area (Å²) in [5.41, 5.74) is -1.84. The van der Waals surface area contributed by atoms with Crippen LogP contribution in [0.3, 0.4) is 0 Å². The Kier molecular flexibility index (Phi) is 6.07. The van der Waals surface area contributed by atoms with Crippen LogP contribution < -0.4 is 4.74 Å². The molecule has 10 heteroatoms. The molecule has 5 nitrogen and oxygen atoms in total. The number of alkyl halides is 3. The Morgan fingerprint density at radius 3 is 2.40 bits per heavy atom. The third-order valence-corrected chi connectivity index (χ3v) is 4.44. The number of nitro groups is 1. The number of hydrogen-bond acceptors (Lipinski definition) is 5. The Labute approximate surface area is 152 Å². The standard InChI is InChI=1S/C15H9BrF3NO4S/c16-10-2-4-11(5-3-10)24-14(21)8-25-13-6-1-9(15(17,18)19)7-12(13)20(22)23/h1-7H,8H2. The van der Waals surface area contributed by atoms with E-state index in [1.54, 1.807) is 24.3 Å². The first-order valence-corrected chi connectivity index (χ1v) is 8.39. The van der Waals surface area contributed by atoms with Crippen molar-refractivity contribution in [2.75, 3.05) is 5.75 Å². The molecule has 2 rings (SSSR count). The number of carbonyl (C=O) groups is 1. The van der Waals surface area contributed by atoms with E-state index in [1.807, 2.05) is 0 Å². The number of esters is 1. The molecular weight excluding hydrogens is 427 g/mol. The molecule has 0 aliphatic carbocycles. The van der Waals surface area contributed by atoms with Crippen molar-refractivity contribution in [3.8, 4) is 5.75 Å². The topological polar surface area (TPSA) is 69.4 Å². The Hall–Kier alpha value is -2.07. The maximum Gasteiger partial charge on any atom is 0.416 e. The van der Waals surface area contributed by atoms with Gasteiger partial charge in [0.25, 0.3) is 5.69 Å². The van der Waals surface area contributed by atoms with Gasteiger partial charge in [-0.2, -0.15) is 13.2 Å². The molecular formula is C15H9BrF3NO4S. The van der Waals surface area contributed by atoms with E-state index in [1.165, 1.54) is 0 Å². The largest absolute Gasteiger partial charge is 0.426 e. The van der Waals surface area contributed by atoms with E-state index in [4.69, 9.17) is 4.74 Å². The van der Waals surface area contributed by atoms with Crippen LogP contribution in [0, 0.1) is 10.1 Å². The molecule has 0 unspecified atom stereocenters. The molecule has 25 heavy (non-hydrogen) atoms. The lowest BCUT2D eigenvalue weighted by molar-refractivity contribution is -0.388. The van der Waals surface area contributed by atoms with Gasteiger partial charge in [-0.1, -0.05) is 15.9 Å². The summed E-state index contributed by atoms with van der Waals surface area (Å²) in [6, 6.07) is 8.57. The number of nitro benzene ring substituents is 1. The molecule has 0 fully saturated rings. The first-order chi connectivity index (χ1) is 11.7. The molecule has 132 valence electrons. The maximum atomic E-state index is 12.6. The van der Waals surface area contributed by atoms with Crippen LogP contribution in [0.1, 0.15) is 5.56 Å². The third-order valence-electron chi connectivity index (χ3n) is 2.87. The Morgan fingerprint density at radius 2 is 1.84 bits per heavy atom. The molecule has 0 aliphatic heterocycles. The molecule has 0 aromatic heterocycles. The predicted octanol–water partition coefficient (Wildman–Crippen LogP) is 5.07. The van der Waals surface area contributed by atoms with E-state index in [0.717, 1.165) is 28.4 Å². The number of halogens is 4. The normalized spacial score (nSPS) is 11.2. The van der Waals surface area contributed by atoms with Crippen LogP contribution in [-0.2, 0) is 11.0 Å². The summed E-state index contributed by atoms with van der Waals surface area (Å²) in [6.07, 6.45) is -4.69. The molecule has 0 saturated heterocycles. The number of thioether (sulfide) groups is 1.